The molecule has 1 amide bonds. The molecule has 3 N–H and O–H groups in total. The van der Waals surface area contributed by atoms with Crippen LogP contribution in [-0.2, 0) is 9.53 Å². The van der Waals surface area contributed by atoms with Crippen molar-refractivity contribution in [3.8, 4) is 0 Å². The number of rotatable bonds is 3. The van der Waals surface area contributed by atoms with E-state index in [0.29, 0.717) is 29.7 Å². The van der Waals surface area contributed by atoms with Gasteiger partial charge in [-0.15, -0.1) is 12.4 Å². The maximum atomic E-state index is 11.1. The zero-order chi connectivity index (χ0) is 15.5. The van der Waals surface area contributed by atoms with Gasteiger partial charge in [-0.3, -0.25) is 4.79 Å². The summed E-state index contributed by atoms with van der Waals surface area (Å²) in [6, 6.07) is 5.11. The molecule has 0 saturated carbocycles. The summed E-state index contributed by atoms with van der Waals surface area (Å²) >= 11 is 12.0. The Labute approximate surface area is 145 Å². The van der Waals surface area contributed by atoms with Crippen LogP contribution in [0.2, 0.25) is 10.0 Å². The van der Waals surface area contributed by atoms with Crippen LogP contribution in [0.3, 0.4) is 0 Å². The maximum Gasteiger partial charge on any atom is 0.216 e. The maximum absolute atomic E-state index is 11.1. The van der Waals surface area contributed by atoms with Crippen molar-refractivity contribution in [2.75, 3.05) is 26.2 Å². The predicted molar refractivity (Wildman–Crippen MR) is 88.9 cm³/mol. The van der Waals surface area contributed by atoms with Gasteiger partial charge in [0, 0.05) is 20.0 Å². The number of aliphatic hydroxyl groups is 1. The lowest BCUT2D eigenvalue weighted by Crippen LogP contribution is -2.52. The molecule has 0 aliphatic carbocycles. The SMILES string of the molecule is CC(=O)NCC1(O)CNCCOC1c1ccc(Cl)c(Cl)c1.Cl. The van der Waals surface area contributed by atoms with Gasteiger partial charge in [0.25, 0.3) is 0 Å². The highest BCUT2D eigenvalue weighted by atomic mass is 35.5. The summed E-state index contributed by atoms with van der Waals surface area (Å²) < 4.78 is 5.77. The Morgan fingerprint density at radius 1 is 1.50 bits per heavy atom. The molecule has 1 aromatic rings. The molecular formula is C14H19Cl3N2O3. The summed E-state index contributed by atoms with van der Waals surface area (Å²) in [6.07, 6.45) is -0.603. The number of benzene rings is 1. The van der Waals surface area contributed by atoms with Gasteiger partial charge in [-0.25, -0.2) is 0 Å². The third-order valence-electron chi connectivity index (χ3n) is 3.37. The number of carbonyl (C=O) groups excluding carboxylic acids is 1. The summed E-state index contributed by atoms with van der Waals surface area (Å²) in [5, 5.41) is 17.5. The Bertz CT molecular complexity index is 530. The largest absolute Gasteiger partial charge is 0.384 e. The lowest BCUT2D eigenvalue weighted by molar-refractivity contribution is -0.124. The molecule has 1 saturated heterocycles. The number of hydrogen-bond donors (Lipinski definition) is 3. The van der Waals surface area contributed by atoms with Crippen molar-refractivity contribution in [1.82, 2.24) is 10.6 Å². The van der Waals surface area contributed by atoms with Gasteiger partial charge in [0.15, 0.2) is 0 Å². The second-order valence-electron chi connectivity index (χ2n) is 5.11. The predicted octanol–water partition coefficient (Wildman–Crippen LogP) is 1.94. The van der Waals surface area contributed by atoms with Gasteiger partial charge in [0.2, 0.25) is 5.91 Å². The van der Waals surface area contributed by atoms with Crippen LogP contribution >= 0.6 is 35.6 Å². The minimum absolute atomic E-state index is 0. The van der Waals surface area contributed by atoms with E-state index >= 15 is 0 Å². The topological polar surface area (TPSA) is 70.6 Å². The molecule has 0 radical (unpaired) electrons. The van der Waals surface area contributed by atoms with E-state index in [2.05, 4.69) is 10.6 Å². The molecule has 22 heavy (non-hydrogen) atoms. The quantitative estimate of drug-likeness (QED) is 0.761. The first kappa shape index (κ1) is 19.5. The Morgan fingerprint density at radius 3 is 2.86 bits per heavy atom. The molecular weight excluding hydrogens is 351 g/mol. The van der Waals surface area contributed by atoms with E-state index in [-0.39, 0.29) is 24.9 Å². The van der Waals surface area contributed by atoms with Crippen LogP contribution in [-0.4, -0.2) is 42.9 Å². The van der Waals surface area contributed by atoms with Gasteiger partial charge < -0.3 is 20.5 Å². The van der Waals surface area contributed by atoms with Crippen molar-refractivity contribution in [3.63, 3.8) is 0 Å². The Hall–Kier alpha value is -0.560. The smallest absolute Gasteiger partial charge is 0.216 e. The first-order chi connectivity index (χ1) is 9.92. The average Bonchev–Trinajstić information content (AvgIpc) is 2.62. The Morgan fingerprint density at radius 2 is 2.23 bits per heavy atom. The van der Waals surface area contributed by atoms with Crippen molar-refractivity contribution in [2.24, 2.45) is 0 Å². The fraction of sp³-hybridized carbons (Fsp3) is 0.500. The van der Waals surface area contributed by atoms with E-state index in [9.17, 15) is 9.90 Å². The number of amides is 1. The number of carbonyl (C=O) groups is 1. The van der Waals surface area contributed by atoms with E-state index in [1.807, 2.05) is 0 Å². The fourth-order valence-electron chi connectivity index (χ4n) is 2.32. The number of halogens is 3. The molecule has 5 nitrogen and oxygen atoms in total. The summed E-state index contributed by atoms with van der Waals surface area (Å²) in [7, 11) is 0. The highest BCUT2D eigenvalue weighted by molar-refractivity contribution is 6.42. The van der Waals surface area contributed by atoms with Crippen LogP contribution in [0.4, 0.5) is 0 Å². The molecule has 1 heterocycles. The lowest BCUT2D eigenvalue weighted by Gasteiger charge is -2.34. The second kappa shape index (κ2) is 8.34. The molecule has 0 bridgehead atoms. The summed E-state index contributed by atoms with van der Waals surface area (Å²) in [5.41, 5.74) is -0.541. The van der Waals surface area contributed by atoms with Crippen molar-refractivity contribution in [3.05, 3.63) is 33.8 Å². The monoisotopic (exact) mass is 368 g/mol. The molecule has 2 atom stereocenters. The summed E-state index contributed by atoms with van der Waals surface area (Å²) in [6.45, 7) is 2.87. The Kier molecular flexibility index (Phi) is 7.38. The minimum atomic E-state index is -1.26. The van der Waals surface area contributed by atoms with Gasteiger partial charge in [-0.2, -0.15) is 0 Å². The van der Waals surface area contributed by atoms with Crippen molar-refractivity contribution < 1.29 is 14.6 Å². The van der Waals surface area contributed by atoms with E-state index < -0.39 is 11.7 Å². The van der Waals surface area contributed by atoms with Crippen LogP contribution in [0, 0.1) is 0 Å². The molecule has 1 aromatic carbocycles. The van der Waals surface area contributed by atoms with E-state index in [0.717, 1.165) is 5.56 Å². The first-order valence-electron chi connectivity index (χ1n) is 6.66. The average molecular weight is 370 g/mol. The van der Waals surface area contributed by atoms with E-state index in [4.69, 9.17) is 27.9 Å². The van der Waals surface area contributed by atoms with Crippen molar-refractivity contribution in [1.29, 1.82) is 0 Å². The number of β-amino-alcohol motifs (C(OH)–C–C–N with tert-alkyl or cyclic N) is 1. The molecule has 1 fully saturated rings. The molecule has 1 aliphatic heterocycles. The standard InChI is InChI=1S/C14H18Cl2N2O3.ClH/c1-9(19)18-8-14(20)7-17-4-5-21-13(14)10-2-3-11(15)12(16)6-10;/h2-3,6,13,17,20H,4-5,7-8H2,1H3,(H,18,19);1H. The van der Waals surface area contributed by atoms with E-state index in [1.165, 1.54) is 6.92 Å². The summed E-state index contributed by atoms with van der Waals surface area (Å²) in [5.74, 6) is -0.208. The lowest BCUT2D eigenvalue weighted by atomic mass is 9.90. The number of nitrogens with one attached hydrogen (secondary N) is 2. The Balaban J connectivity index is 0.00000242. The fourth-order valence-corrected chi connectivity index (χ4v) is 2.62. The third kappa shape index (κ3) is 4.72. The van der Waals surface area contributed by atoms with Crippen LogP contribution in [0.5, 0.6) is 0 Å². The van der Waals surface area contributed by atoms with Crippen molar-refractivity contribution in [2.45, 2.75) is 18.6 Å². The normalized spacial score (nSPS) is 25.0. The van der Waals surface area contributed by atoms with Crippen LogP contribution in [0.1, 0.15) is 18.6 Å². The van der Waals surface area contributed by atoms with E-state index in [1.54, 1.807) is 18.2 Å². The summed E-state index contributed by atoms with van der Waals surface area (Å²) in [4.78, 5) is 11.1. The van der Waals surface area contributed by atoms with Crippen LogP contribution in [0.25, 0.3) is 0 Å². The van der Waals surface area contributed by atoms with Gasteiger partial charge in [-0.05, 0) is 17.7 Å². The molecule has 8 heteroatoms. The molecule has 1 aliphatic rings. The highest BCUT2D eigenvalue weighted by Gasteiger charge is 2.40. The molecule has 0 aromatic heterocycles. The number of hydrogen-bond acceptors (Lipinski definition) is 4. The molecule has 124 valence electrons. The molecule has 2 rings (SSSR count). The zero-order valence-electron chi connectivity index (χ0n) is 12.1. The van der Waals surface area contributed by atoms with Gasteiger partial charge in [-0.1, -0.05) is 29.3 Å². The number of ether oxygens (including phenoxy) is 1. The van der Waals surface area contributed by atoms with Crippen LogP contribution in [0.15, 0.2) is 18.2 Å². The van der Waals surface area contributed by atoms with Gasteiger partial charge >= 0.3 is 0 Å². The zero-order valence-corrected chi connectivity index (χ0v) is 14.4. The molecule has 0 spiro atoms. The first-order valence-corrected chi connectivity index (χ1v) is 7.42. The third-order valence-corrected chi connectivity index (χ3v) is 4.11. The van der Waals surface area contributed by atoms with Crippen LogP contribution < -0.4 is 10.6 Å². The van der Waals surface area contributed by atoms with Gasteiger partial charge in [0.05, 0.1) is 23.2 Å². The molecule has 2 unspecified atom stereocenters. The van der Waals surface area contributed by atoms with Crippen molar-refractivity contribution >= 4 is 41.5 Å². The minimum Gasteiger partial charge on any atom is -0.384 e. The highest BCUT2D eigenvalue weighted by Crippen LogP contribution is 2.34. The van der Waals surface area contributed by atoms with Gasteiger partial charge in [0.1, 0.15) is 11.7 Å². The second-order valence-corrected chi connectivity index (χ2v) is 5.93.